The van der Waals surface area contributed by atoms with E-state index in [2.05, 4.69) is 15.6 Å². The smallest absolute Gasteiger partial charge is 0.270 e. The number of hydrogen-bond donors (Lipinski definition) is 2. The lowest BCUT2D eigenvalue weighted by Crippen LogP contribution is -2.33. The maximum Gasteiger partial charge on any atom is 0.270 e. The van der Waals surface area contributed by atoms with Crippen LogP contribution in [0.15, 0.2) is 18.3 Å². The van der Waals surface area contributed by atoms with Crippen LogP contribution in [0, 0.1) is 0 Å². The predicted octanol–water partition coefficient (Wildman–Crippen LogP) is 1.13. The van der Waals surface area contributed by atoms with Crippen molar-refractivity contribution in [2.75, 3.05) is 20.3 Å². The third-order valence-electron chi connectivity index (χ3n) is 3.54. The summed E-state index contributed by atoms with van der Waals surface area (Å²) < 4.78 is 4.87. The zero-order valence-electron chi connectivity index (χ0n) is 12.2. The number of methoxy groups -OCH3 is 1. The van der Waals surface area contributed by atoms with Gasteiger partial charge < -0.3 is 15.4 Å². The molecule has 0 aromatic carbocycles. The standard InChI is InChI=1S/C15H21N3O3/c1-21-9-8-17-14(19)11-6-7-16-13(10-11)15(20)18-12-4-2-3-5-12/h6-7,10,12H,2-5,8-9H2,1H3,(H,17,19)(H,18,20). The fraction of sp³-hybridized carbons (Fsp3) is 0.533. The quantitative estimate of drug-likeness (QED) is 0.770. The first-order chi connectivity index (χ1) is 10.2. The van der Waals surface area contributed by atoms with E-state index in [1.165, 1.54) is 12.3 Å². The zero-order valence-corrected chi connectivity index (χ0v) is 12.2. The summed E-state index contributed by atoms with van der Waals surface area (Å²) in [6, 6.07) is 3.35. The molecule has 114 valence electrons. The first-order valence-electron chi connectivity index (χ1n) is 7.25. The average molecular weight is 291 g/mol. The van der Waals surface area contributed by atoms with Gasteiger partial charge in [0.1, 0.15) is 5.69 Å². The molecule has 0 spiro atoms. The number of nitrogens with one attached hydrogen (secondary N) is 2. The van der Waals surface area contributed by atoms with Crippen molar-refractivity contribution >= 4 is 11.8 Å². The number of hydrogen-bond acceptors (Lipinski definition) is 4. The second-order valence-electron chi connectivity index (χ2n) is 5.13. The van der Waals surface area contributed by atoms with E-state index in [0.717, 1.165) is 25.7 Å². The van der Waals surface area contributed by atoms with E-state index in [9.17, 15) is 9.59 Å². The highest BCUT2D eigenvalue weighted by atomic mass is 16.5. The molecule has 21 heavy (non-hydrogen) atoms. The number of ether oxygens (including phenoxy) is 1. The lowest BCUT2D eigenvalue weighted by atomic mass is 10.2. The molecule has 2 N–H and O–H groups in total. The molecule has 6 nitrogen and oxygen atoms in total. The van der Waals surface area contributed by atoms with E-state index in [-0.39, 0.29) is 23.6 Å². The summed E-state index contributed by atoms with van der Waals surface area (Å²) in [7, 11) is 1.57. The van der Waals surface area contributed by atoms with Crippen molar-refractivity contribution in [3.63, 3.8) is 0 Å². The van der Waals surface area contributed by atoms with Crippen molar-refractivity contribution in [3.8, 4) is 0 Å². The normalized spacial score (nSPS) is 14.9. The molecule has 1 aliphatic rings. The van der Waals surface area contributed by atoms with Gasteiger partial charge in [0.25, 0.3) is 11.8 Å². The van der Waals surface area contributed by atoms with Crippen molar-refractivity contribution < 1.29 is 14.3 Å². The molecule has 0 radical (unpaired) electrons. The molecule has 0 aliphatic heterocycles. The molecular formula is C15H21N3O3. The zero-order chi connectivity index (χ0) is 15.1. The molecule has 0 unspecified atom stereocenters. The van der Waals surface area contributed by atoms with Crippen molar-refractivity contribution in [1.82, 2.24) is 15.6 Å². The van der Waals surface area contributed by atoms with E-state index in [0.29, 0.717) is 18.7 Å². The van der Waals surface area contributed by atoms with Crippen LogP contribution >= 0.6 is 0 Å². The van der Waals surface area contributed by atoms with Gasteiger partial charge in [0.15, 0.2) is 0 Å². The molecule has 2 rings (SSSR count). The van der Waals surface area contributed by atoms with Gasteiger partial charge in [-0.2, -0.15) is 0 Å². The fourth-order valence-corrected chi connectivity index (χ4v) is 2.39. The van der Waals surface area contributed by atoms with Gasteiger partial charge in [-0.25, -0.2) is 0 Å². The molecule has 1 heterocycles. The molecule has 1 aliphatic carbocycles. The fourth-order valence-electron chi connectivity index (χ4n) is 2.39. The second-order valence-corrected chi connectivity index (χ2v) is 5.13. The summed E-state index contributed by atoms with van der Waals surface area (Å²) in [6.45, 7) is 0.882. The highest BCUT2D eigenvalue weighted by Gasteiger charge is 2.19. The molecule has 0 bridgehead atoms. The van der Waals surface area contributed by atoms with Crippen LogP contribution in [0.3, 0.4) is 0 Å². The largest absolute Gasteiger partial charge is 0.383 e. The van der Waals surface area contributed by atoms with Crippen LogP contribution in [0.25, 0.3) is 0 Å². The Bertz CT molecular complexity index is 499. The molecule has 1 fully saturated rings. The van der Waals surface area contributed by atoms with Gasteiger partial charge in [-0.15, -0.1) is 0 Å². The van der Waals surface area contributed by atoms with Crippen LogP contribution in [0.5, 0.6) is 0 Å². The Morgan fingerprint density at radius 3 is 2.81 bits per heavy atom. The van der Waals surface area contributed by atoms with E-state index in [4.69, 9.17) is 4.74 Å². The van der Waals surface area contributed by atoms with E-state index < -0.39 is 0 Å². The second kappa shape index (κ2) is 7.73. The Morgan fingerprint density at radius 2 is 2.10 bits per heavy atom. The van der Waals surface area contributed by atoms with Crippen molar-refractivity contribution in [2.45, 2.75) is 31.7 Å². The van der Waals surface area contributed by atoms with Gasteiger partial charge in [-0.3, -0.25) is 14.6 Å². The number of amides is 2. The summed E-state index contributed by atoms with van der Waals surface area (Å²) in [5, 5.41) is 5.68. The van der Waals surface area contributed by atoms with Crippen LogP contribution < -0.4 is 10.6 Å². The molecule has 1 aromatic heterocycles. The molecule has 0 saturated heterocycles. The average Bonchev–Trinajstić information content (AvgIpc) is 3.00. The van der Waals surface area contributed by atoms with Crippen LogP contribution in [0.4, 0.5) is 0 Å². The summed E-state index contributed by atoms with van der Waals surface area (Å²) in [6.07, 6.45) is 5.82. The predicted molar refractivity (Wildman–Crippen MR) is 78.2 cm³/mol. The summed E-state index contributed by atoms with van der Waals surface area (Å²) in [5.74, 6) is -0.446. The van der Waals surface area contributed by atoms with Gasteiger partial charge in [0.2, 0.25) is 0 Å². The monoisotopic (exact) mass is 291 g/mol. The van der Waals surface area contributed by atoms with Crippen molar-refractivity contribution in [2.24, 2.45) is 0 Å². The van der Waals surface area contributed by atoms with E-state index in [1.807, 2.05) is 0 Å². The molecule has 1 saturated carbocycles. The number of carbonyl (C=O) groups excluding carboxylic acids is 2. The van der Waals surface area contributed by atoms with E-state index >= 15 is 0 Å². The van der Waals surface area contributed by atoms with Crippen LogP contribution in [0.1, 0.15) is 46.5 Å². The summed E-state index contributed by atoms with van der Waals surface area (Å²) in [5.41, 5.74) is 0.707. The SMILES string of the molecule is COCCNC(=O)c1ccnc(C(=O)NC2CCCC2)c1. The Labute approximate surface area is 124 Å². The van der Waals surface area contributed by atoms with Gasteiger partial charge >= 0.3 is 0 Å². The Balaban J connectivity index is 1.95. The molecule has 6 heteroatoms. The number of carbonyl (C=O) groups is 2. The van der Waals surface area contributed by atoms with Crippen molar-refractivity contribution in [3.05, 3.63) is 29.6 Å². The topological polar surface area (TPSA) is 80.3 Å². The molecule has 0 atom stereocenters. The highest BCUT2D eigenvalue weighted by Crippen LogP contribution is 2.18. The first kappa shape index (κ1) is 15.4. The minimum atomic E-state index is -0.232. The maximum atomic E-state index is 12.1. The Kier molecular flexibility index (Phi) is 5.68. The van der Waals surface area contributed by atoms with Gasteiger partial charge in [-0.1, -0.05) is 12.8 Å². The number of aromatic nitrogens is 1. The molecule has 2 amide bonds. The lowest BCUT2D eigenvalue weighted by Gasteiger charge is -2.11. The summed E-state index contributed by atoms with van der Waals surface area (Å²) >= 11 is 0. The highest BCUT2D eigenvalue weighted by molar-refractivity contribution is 5.98. The Morgan fingerprint density at radius 1 is 1.33 bits per heavy atom. The van der Waals surface area contributed by atoms with E-state index in [1.54, 1.807) is 13.2 Å². The molecule has 1 aromatic rings. The third-order valence-corrected chi connectivity index (χ3v) is 3.54. The minimum absolute atomic E-state index is 0.214. The summed E-state index contributed by atoms with van der Waals surface area (Å²) in [4.78, 5) is 28.1. The third kappa shape index (κ3) is 4.53. The number of rotatable bonds is 6. The maximum absolute atomic E-state index is 12.1. The first-order valence-corrected chi connectivity index (χ1v) is 7.25. The molecular weight excluding hydrogens is 270 g/mol. The lowest BCUT2D eigenvalue weighted by molar-refractivity contribution is 0.0933. The van der Waals surface area contributed by atoms with Gasteiger partial charge in [0, 0.05) is 31.5 Å². The van der Waals surface area contributed by atoms with Gasteiger partial charge in [0.05, 0.1) is 6.61 Å². The minimum Gasteiger partial charge on any atom is -0.383 e. The van der Waals surface area contributed by atoms with Crippen LogP contribution in [-0.2, 0) is 4.74 Å². The number of pyridine rings is 1. The van der Waals surface area contributed by atoms with Crippen LogP contribution in [-0.4, -0.2) is 43.1 Å². The number of nitrogens with zero attached hydrogens (tertiary/aromatic N) is 1. The van der Waals surface area contributed by atoms with Gasteiger partial charge in [-0.05, 0) is 25.0 Å². The Hall–Kier alpha value is -1.95. The van der Waals surface area contributed by atoms with Crippen molar-refractivity contribution in [1.29, 1.82) is 0 Å². The van der Waals surface area contributed by atoms with Crippen LogP contribution in [0.2, 0.25) is 0 Å².